The van der Waals surface area contributed by atoms with E-state index in [4.69, 9.17) is 15.9 Å². The summed E-state index contributed by atoms with van der Waals surface area (Å²) >= 11 is 0. The van der Waals surface area contributed by atoms with Crippen LogP contribution in [0.15, 0.2) is 6.33 Å². The van der Waals surface area contributed by atoms with E-state index in [9.17, 15) is 0 Å². The van der Waals surface area contributed by atoms with Gasteiger partial charge in [-0.1, -0.05) is 0 Å². The van der Waals surface area contributed by atoms with Gasteiger partial charge >= 0.3 is 0 Å². The summed E-state index contributed by atoms with van der Waals surface area (Å²) in [5.41, 5.74) is 7.96. The lowest BCUT2D eigenvalue weighted by Crippen LogP contribution is -2.48. The van der Waals surface area contributed by atoms with Crippen molar-refractivity contribution in [3.8, 4) is 0 Å². The van der Waals surface area contributed by atoms with E-state index in [0.29, 0.717) is 13.2 Å². The van der Waals surface area contributed by atoms with Gasteiger partial charge in [0.25, 0.3) is 0 Å². The number of anilines is 1. The van der Waals surface area contributed by atoms with Crippen LogP contribution in [0.1, 0.15) is 17.7 Å². The smallest absolute Gasteiger partial charge is 0.135 e. The summed E-state index contributed by atoms with van der Waals surface area (Å²) in [5, 5.41) is 7.49. The third-order valence-corrected chi connectivity index (χ3v) is 3.57. The number of amidine groups is 1. The van der Waals surface area contributed by atoms with Crippen LogP contribution in [0.3, 0.4) is 0 Å². The summed E-state index contributed by atoms with van der Waals surface area (Å²) in [4.78, 5) is 10.9. The van der Waals surface area contributed by atoms with Crippen molar-refractivity contribution >= 4 is 11.7 Å². The largest absolute Gasteiger partial charge is 0.385 e. The molecule has 1 aliphatic heterocycles. The van der Waals surface area contributed by atoms with Crippen molar-refractivity contribution in [2.45, 2.75) is 25.4 Å². The molecule has 2 heterocycles. The molecule has 1 atom stereocenters. The molecule has 2 aliphatic rings. The van der Waals surface area contributed by atoms with E-state index in [0.717, 1.165) is 31.6 Å². The van der Waals surface area contributed by atoms with Crippen LogP contribution >= 0.6 is 0 Å². The van der Waals surface area contributed by atoms with Crippen LogP contribution in [0.5, 0.6) is 0 Å². The Hall–Kier alpha value is -1.69. The van der Waals surface area contributed by atoms with E-state index in [-0.39, 0.29) is 11.9 Å². The maximum Gasteiger partial charge on any atom is 0.135 e. The minimum atomic E-state index is -0.314. The molecule has 0 radical (unpaired) electrons. The first-order valence-corrected chi connectivity index (χ1v) is 6.29. The van der Waals surface area contributed by atoms with Crippen molar-refractivity contribution in [3.63, 3.8) is 0 Å². The van der Waals surface area contributed by atoms with E-state index in [1.807, 2.05) is 0 Å². The van der Waals surface area contributed by atoms with Gasteiger partial charge in [-0.3, -0.25) is 5.41 Å². The van der Waals surface area contributed by atoms with Crippen LogP contribution in [0.4, 0.5) is 5.82 Å². The highest BCUT2D eigenvalue weighted by Gasteiger charge is 2.27. The fourth-order valence-electron chi connectivity index (χ4n) is 2.64. The van der Waals surface area contributed by atoms with Gasteiger partial charge in [-0.2, -0.15) is 0 Å². The van der Waals surface area contributed by atoms with E-state index in [1.165, 1.54) is 11.3 Å². The molecule has 0 amide bonds. The van der Waals surface area contributed by atoms with E-state index < -0.39 is 0 Å². The summed E-state index contributed by atoms with van der Waals surface area (Å²) < 4.78 is 5.48. The average molecular weight is 247 g/mol. The number of morpholine rings is 1. The third kappa shape index (κ3) is 1.92. The molecule has 6 nitrogen and oxygen atoms in total. The highest BCUT2D eigenvalue weighted by Crippen LogP contribution is 2.28. The van der Waals surface area contributed by atoms with Crippen LogP contribution in [0.25, 0.3) is 0 Å². The molecule has 0 saturated carbocycles. The van der Waals surface area contributed by atoms with Crippen LogP contribution in [-0.2, 0) is 17.6 Å². The van der Waals surface area contributed by atoms with Gasteiger partial charge in [-0.25, -0.2) is 9.97 Å². The number of hydrogen-bond acceptors (Lipinski definition) is 5. The Balaban J connectivity index is 1.86. The highest BCUT2D eigenvalue weighted by molar-refractivity contribution is 5.82. The van der Waals surface area contributed by atoms with Crippen molar-refractivity contribution < 1.29 is 4.74 Å². The van der Waals surface area contributed by atoms with E-state index in [2.05, 4.69) is 14.9 Å². The zero-order valence-corrected chi connectivity index (χ0v) is 10.2. The van der Waals surface area contributed by atoms with Crippen molar-refractivity contribution in [1.29, 1.82) is 5.41 Å². The predicted octanol–water partition coefficient (Wildman–Crippen LogP) is 0.106. The third-order valence-electron chi connectivity index (χ3n) is 3.57. The summed E-state index contributed by atoms with van der Waals surface area (Å²) in [5.74, 6) is 1.09. The number of fused-ring (bicyclic) bond motifs is 1. The Bertz CT molecular complexity index is 476. The standard InChI is InChI=1S/C12H17N5O/c13-11(14)10-6-17(4-5-18-10)12-8-2-1-3-9(8)15-7-16-12/h7,10H,1-6H2,(H3,13,14). The number of ether oxygens (including phenoxy) is 1. The first-order chi connectivity index (χ1) is 8.75. The fraction of sp³-hybridized carbons (Fsp3) is 0.583. The van der Waals surface area contributed by atoms with Crippen molar-refractivity contribution in [2.75, 3.05) is 24.6 Å². The zero-order chi connectivity index (χ0) is 12.5. The lowest BCUT2D eigenvalue weighted by atomic mass is 10.2. The molecule has 6 heteroatoms. The Morgan fingerprint density at radius 1 is 1.44 bits per heavy atom. The lowest BCUT2D eigenvalue weighted by molar-refractivity contribution is 0.0822. The fourth-order valence-corrected chi connectivity index (χ4v) is 2.64. The minimum Gasteiger partial charge on any atom is -0.385 e. The number of nitrogens with zero attached hydrogens (tertiary/aromatic N) is 3. The van der Waals surface area contributed by atoms with E-state index in [1.54, 1.807) is 6.33 Å². The van der Waals surface area contributed by atoms with Gasteiger partial charge in [0.2, 0.25) is 0 Å². The number of nitrogens with one attached hydrogen (secondary N) is 1. The topological polar surface area (TPSA) is 88.1 Å². The van der Waals surface area contributed by atoms with Gasteiger partial charge in [-0.05, 0) is 19.3 Å². The predicted molar refractivity (Wildman–Crippen MR) is 67.9 cm³/mol. The summed E-state index contributed by atoms with van der Waals surface area (Å²) in [6.45, 7) is 2.00. The molecular formula is C12H17N5O. The first-order valence-electron chi connectivity index (χ1n) is 6.29. The first kappa shape index (κ1) is 11.4. The lowest BCUT2D eigenvalue weighted by Gasteiger charge is -2.33. The van der Waals surface area contributed by atoms with E-state index >= 15 is 0 Å². The summed E-state index contributed by atoms with van der Waals surface area (Å²) in [6.07, 6.45) is 4.57. The number of aryl methyl sites for hydroxylation is 1. The number of hydrogen-bond donors (Lipinski definition) is 2. The maximum absolute atomic E-state index is 7.49. The molecule has 1 fully saturated rings. The SMILES string of the molecule is N=C(N)C1CN(c2ncnc3c2CCC3)CCO1. The van der Waals surface area contributed by atoms with Gasteiger partial charge in [0, 0.05) is 17.8 Å². The van der Waals surface area contributed by atoms with Crippen LogP contribution < -0.4 is 10.6 Å². The highest BCUT2D eigenvalue weighted by atomic mass is 16.5. The second-order valence-corrected chi connectivity index (χ2v) is 4.74. The Kier molecular flexibility index (Phi) is 2.87. The monoisotopic (exact) mass is 247 g/mol. The summed E-state index contributed by atoms with van der Waals surface area (Å²) in [7, 11) is 0. The Morgan fingerprint density at radius 2 is 2.33 bits per heavy atom. The molecule has 0 aromatic carbocycles. The summed E-state index contributed by atoms with van der Waals surface area (Å²) in [6, 6.07) is 0. The van der Waals surface area contributed by atoms with Crippen LogP contribution in [0.2, 0.25) is 0 Å². The quantitative estimate of drug-likeness (QED) is 0.572. The molecule has 96 valence electrons. The molecule has 1 aromatic rings. The van der Waals surface area contributed by atoms with Crippen molar-refractivity contribution in [1.82, 2.24) is 9.97 Å². The molecule has 18 heavy (non-hydrogen) atoms. The molecule has 0 spiro atoms. The molecule has 3 rings (SSSR count). The van der Waals surface area contributed by atoms with Crippen molar-refractivity contribution in [3.05, 3.63) is 17.6 Å². The van der Waals surface area contributed by atoms with Crippen LogP contribution in [0, 0.1) is 5.41 Å². The number of nitrogens with two attached hydrogens (primary N) is 1. The van der Waals surface area contributed by atoms with Gasteiger partial charge < -0.3 is 15.4 Å². The maximum atomic E-state index is 7.49. The van der Waals surface area contributed by atoms with Crippen molar-refractivity contribution in [2.24, 2.45) is 5.73 Å². The number of rotatable bonds is 2. The second kappa shape index (κ2) is 4.53. The van der Waals surface area contributed by atoms with Gasteiger partial charge in [0.05, 0.1) is 13.2 Å². The molecule has 1 unspecified atom stereocenters. The molecule has 1 aliphatic carbocycles. The minimum absolute atomic E-state index is 0.0883. The Morgan fingerprint density at radius 3 is 3.17 bits per heavy atom. The molecule has 1 aromatic heterocycles. The van der Waals surface area contributed by atoms with Gasteiger partial charge in [0.15, 0.2) is 0 Å². The molecule has 0 bridgehead atoms. The van der Waals surface area contributed by atoms with Gasteiger partial charge in [0.1, 0.15) is 24.1 Å². The molecular weight excluding hydrogens is 230 g/mol. The van der Waals surface area contributed by atoms with Gasteiger partial charge in [-0.15, -0.1) is 0 Å². The average Bonchev–Trinajstić information content (AvgIpc) is 2.87. The zero-order valence-electron chi connectivity index (χ0n) is 10.2. The molecule has 1 saturated heterocycles. The normalized spacial score (nSPS) is 22.9. The van der Waals surface area contributed by atoms with Crippen LogP contribution in [-0.4, -0.2) is 41.6 Å². The Labute approximate surface area is 106 Å². The molecule has 3 N–H and O–H groups in total. The number of aromatic nitrogens is 2. The second-order valence-electron chi connectivity index (χ2n) is 4.74.